The van der Waals surface area contributed by atoms with Crippen molar-refractivity contribution in [3.8, 4) is 0 Å². The number of amides is 1. The van der Waals surface area contributed by atoms with Gasteiger partial charge < -0.3 is 5.32 Å². The van der Waals surface area contributed by atoms with Crippen molar-refractivity contribution in [3.63, 3.8) is 0 Å². The number of sulfonamides is 1. The molecule has 1 aromatic carbocycles. The summed E-state index contributed by atoms with van der Waals surface area (Å²) < 4.78 is 27.3. The molecule has 0 spiro atoms. The van der Waals surface area contributed by atoms with Crippen molar-refractivity contribution in [2.75, 3.05) is 13.1 Å². The van der Waals surface area contributed by atoms with Crippen LogP contribution in [0.2, 0.25) is 0 Å². The molecule has 28 heavy (non-hydrogen) atoms. The highest BCUT2D eigenvalue weighted by atomic mass is 32.2. The largest absolute Gasteiger partial charge is 0.357 e. The topological polar surface area (TPSA) is 90.5 Å². The number of nitrogens with one attached hydrogen (secondary N) is 3. The smallest absolute Gasteiger partial charge is 0.269 e. The van der Waals surface area contributed by atoms with E-state index in [4.69, 9.17) is 12.2 Å². The number of thiocarbonyl (C=S) groups is 1. The lowest BCUT2D eigenvalue weighted by molar-refractivity contribution is 0.0943. The highest BCUT2D eigenvalue weighted by molar-refractivity contribution is 7.89. The number of piperidine rings is 1. The molecule has 1 heterocycles. The van der Waals surface area contributed by atoms with E-state index in [1.54, 1.807) is 4.31 Å². The molecule has 0 bridgehead atoms. The van der Waals surface area contributed by atoms with E-state index in [0.29, 0.717) is 35.6 Å². The summed E-state index contributed by atoms with van der Waals surface area (Å²) in [7, 11) is -3.56. The molecule has 1 aliphatic rings. The Morgan fingerprint density at radius 3 is 2.11 bits per heavy atom. The zero-order valence-electron chi connectivity index (χ0n) is 17.1. The molecule has 1 aromatic rings. The molecule has 3 N–H and O–H groups in total. The molecule has 1 aliphatic heterocycles. The van der Waals surface area contributed by atoms with Crippen LogP contribution in [0.5, 0.6) is 0 Å². The maximum Gasteiger partial charge on any atom is 0.269 e. The van der Waals surface area contributed by atoms with Gasteiger partial charge in [0, 0.05) is 24.2 Å². The lowest BCUT2D eigenvalue weighted by Gasteiger charge is -2.34. The minimum Gasteiger partial charge on any atom is -0.357 e. The second kappa shape index (κ2) is 8.75. The summed E-state index contributed by atoms with van der Waals surface area (Å²) in [6, 6.07) is 5.95. The fourth-order valence-corrected chi connectivity index (χ4v) is 5.32. The normalized spacial score (nSPS) is 21.0. The maximum absolute atomic E-state index is 12.9. The second-order valence-electron chi connectivity index (χ2n) is 8.58. The number of rotatable bonds is 3. The molecule has 2 rings (SSSR count). The van der Waals surface area contributed by atoms with Crippen LogP contribution in [0.1, 0.15) is 51.4 Å². The molecule has 0 aliphatic carbocycles. The molecular weight excluding hydrogens is 396 g/mol. The van der Waals surface area contributed by atoms with Gasteiger partial charge in [0.2, 0.25) is 10.0 Å². The van der Waals surface area contributed by atoms with Crippen molar-refractivity contribution in [2.45, 2.75) is 51.5 Å². The van der Waals surface area contributed by atoms with Gasteiger partial charge >= 0.3 is 0 Å². The van der Waals surface area contributed by atoms with Crippen LogP contribution >= 0.6 is 12.2 Å². The Kier molecular flexibility index (Phi) is 7.06. The molecule has 1 fully saturated rings. The lowest BCUT2D eigenvalue weighted by atomic mass is 9.94. The average Bonchev–Trinajstić information content (AvgIpc) is 2.57. The van der Waals surface area contributed by atoms with Crippen LogP contribution in [0.4, 0.5) is 0 Å². The Morgan fingerprint density at radius 2 is 1.61 bits per heavy atom. The summed E-state index contributed by atoms with van der Waals surface area (Å²) in [5, 5.41) is 3.32. The number of hydrazine groups is 1. The third-order valence-electron chi connectivity index (χ3n) is 4.37. The monoisotopic (exact) mass is 426 g/mol. The van der Waals surface area contributed by atoms with Crippen LogP contribution in [0.3, 0.4) is 0 Å². The highest BCUT2D eigenvalue weighted by Crippen LogP contribution is 2.26. The van der Waals surface area contributed by atoms with Crippen LogP contribution in [-0.4, -0.2) is 42.4 Å². The molecule has 0 aromatic heterocycles. The number of carbonyl (C=O) groups is 1. The van der Waals surface area contributed by atoms with Crippen molar-refractivity contribution in [2.24, 2.45) is 11.8 Å². The van der Waals surface area contributed by atoms with Crippen LogP contribution in [-0.2, 0) is 10.0 Å². The minimum atomic E-state index is -3.56. The van der Waals surface area contributed by atoms with Gasteiger partial charge in [-0.25, -0.2) is 8.42 Å². The molecule has 1 amide bonds. The van der Waals surface area contributed by atoms with Crippen LogP contribution in [0.25, 0.3) is 0 Å². The van der Waals surface area contributed by atoms with Gasteiger partial charge in [-0.1, -0.05) is 13.8 Å². The number of hydrogen-bond acceptors (Lipinski definition) is 4. The fourth-order valence-electron chi connectivity index (χ4n) is 3.29. The van der Waals surface area contributed by atoms with Crippen molar-refractivity contribution in [3.05, 3.63) is 29.8 Å². The van der Waals surface area contributed by atoms with E-state index in [-0.39, 0.29) is 10.4 Å². The van der Waals surface area contributed by atoms with Gasteiger partial charge in [0.15, 0.2) is 5.11 Å². The fraction of sp³-hybridized carbons (Fsp3) is 0.579. The first kappa shape index (κ1) is 22.6. The summed E-state index contributed by atoms with van der Waals surface area (Å²) in [5.41, 5.74) is 5.25. The number of benzene rings is 1. The van der Waals surface area contributed by atoms with E-state index in [0.717, 1.165) is 6.42 Å². The second-order valence-corrected chi connectivity index (χ2v) is 10.9. The molecule has 156 valence electrons. The van der Waals surface area contributed by atoms with E-state index < -0.39 is 15.9 Å². The van der Waals surface area contributed by atoms with E-state index in [9.17, 15) is 13.2 Å². The van der Waals surface area contributed by atoms with Gasteiger partial charge in [0.25, 0.3) is 5.91 Å². The molecule has 2 atom stereocenters. The molecule has 1 saturated heterocycles. The zero-order valence-corrected chi connectivity index (χ0v) is 18.7. The molecular formula is C19H30N4O3S2. The van der Waals surface area contributed by atoms with Crippen LogP contribution in [0.15, 0.2) is 29.2 Å². The molecule has 0 radical (unpaired) electrons. The third-order valence-corrected chi connectivity index (χ3v) is 6.42. The van der Waals surface area contributed by atoms with E-state index in [2.05, 4.69) is 30.0 Å². The van der Waals surface area contributed by atoms with Gasteiger partial charge in [0.1, 0.15) is 0 Å². The lowest BCUT2D eigenvalue weighted by Crippen LogP contribution is -2.52. The van der Waals surface area contributed by atoms with Crippen molar-refractivity contribution >= 4 is 33.3 Å². The minimum absolute atomic E-state index is 0.197. The first-order valence-corrected chi connectivity index (χ1v) is 11.2. The van der Waals surface area contributed by atoms with Gasteiger partial charge in [-0.15, -0.1) is 0 Å². The van der Waals surface area contributed by atoms with Gasteiger partial charge in [-0.05, 0) is 75.5 Å². The van der Waals surface area contributed by atoms with Crippen molar-refractivity contribution in [1.29, 1.82) is 0 Å². The molecule has 9 heteroatoms. The summed E-state index contributed by atoms with van der Waals surface area (Å²) in [6.07, 6.45) is 1.03. The summed E-state index contributed by atoms with van der Waals surface area (Å²) in [4.78, 5) is 12.4. The van der Waals surface area contributed by atoms with Gasteiger partial charge in [0.05, 0.1) is 4.90 Å². The zero-order chi connectivity index (χ0) is 21.1. The van der Waals surface area contributed by atoms with Crippen molar-refractivity contribution < 1.29 is 13.2 Å². The van der Waals surface area contributed by atoms with Gasteiger partial charge in [-0.2, -0.15) is 4.31 Å². The molecule has 7 nitrogen and oxygen atoms in total. The van der Waals surface area contributed by atoms with Crippen molar-refractivity contribution in [1.82, 2.24) is 20.5 Å². The number of hydrogen-bond donors (Lipinski definition) is 3. The van der Waals surface area contributed by atoms with Crippen LogP contribution < -0.4 is 16.2 Å². The van der Waals surface area contributed by atoms with E-state index in [1.165, 1.54) is 24.3 Å². The summed E-state index contributed by atoms with van der Waals surface area (Å²) >= 11 is 5.11. The summed E-state index contributed by atoms with van der Waals surface area (Å²) in [5.74, 6) is 0.266. The quantitative estimate of drug-likeness (QED) is 0.507. The standard InChI is InChI=1S/C19H30N4O3S2/c1-13-10-14(2)12-23(11-13)28(25,26)16-8-6-15(7-9-16)17(24)21-22-18(27)20-19(3,4)5/h6-9,13-14H,10-12H2,1-5H3,(H,21,24)(H2,20,22,27)/t13-,14-/m1/s1. The molecule has 0 unspecified atom stereocenters. The Hall–Kier alpha value is -1.71. The first-order valence-electron chi connectivity index (χ1n) is 9.37. The predicted octanol–water partition coefficient (Wildman–Crippen LogP) is 2.26. The first-order chi connectivity index (χ1) is 12.9. The van der Waals surface area contributed by atoms with Crippen LogP contribution in [0, 0.1) is 11.8 Å². The average molecular weight is 427 g/mol. The predicted molar refractivity (Wildman–Crippen MR) is 114 cm³/mol. The Balaban J connectivity index is 2.02. The van der Waals surface area contributed by atoms with E-state index >= 15 is 0 Å². The SMILES string of the molecule is C[C@@H]1C[C@@H](C)CN(S(=O)(=O)c2ccc(C(=O)NNC(=S)NC(C)(C)C)cc2)C1. The van der Waals surface area contributed by atoms with Gasteiger partial charge in [-0.3, -0.25) is 15.6 Å². The highest BCUT2D eigenvalue weighted by Gasteiger charge is 2.31. The van der Waals surface area contributed by atoms with E-state index in [1.807, 2.05) is 20.8 Å². The maximum atomic E-state index is 12.9. The Bertz CT molecular complexity index is 807. The molecule has 0 saturated carbocycles. The Morgan fingerprint density at radius 1 is 1.07 bits per heavy atom. The third kappa shape index (κ3) is 6.15. The Labute approximate surface area is 173 Å². The summed E-state index contributed by atoms with van der Waals surface area (Å²) in [6.45, 7) is 11.0. The number of nitrogens with zero attached hydrogens (tertiary/aromatic N) is 1. The number of carbonyl (C=O) groups excluding carboxylic acids is 1.